The van der Waals surface area contributed by atoms with E-state index < -0.39 is 0 Å². The minimum atomic E-state index is -0.258. The quantitative estimate of drug-likeness (QED) is 0.718. The summed E-state index contributed by atoms with van der Waals surface area (Å²) in [5, 5.41) is 3.38. The summed E-state index contributed by atoms with van der Waals surface area (Å²) in [7, 11) is 3.16. The van der Waals surface area contributed by atoms with Crippen molar-refractivity contribution in [2.24, 2.45) is 0 Å². The predicted molar refractivity (Wildman–Crippen MR) is 109 cm³/mol. The maximum Gasteiger partial charge on any atom is 0.255 e. The van der Waals surface area contributed by atoms with Gasteiger partial charge in [0.25, 0.3) is 5.91 Å². The average molecular weight is 405 g/mol. The van der Waals surface area contributed by atoms with Crippen LogP contribution in [-0.2, 0) is 11.3 Å². The van der Waals surface area contributed by atoms with Crippen molar-refractivity contribution < 1.29 is 14.3 Å². The Bertz CT molecular complexity index is 819. The molecule has 2 unspecified atom stereocenters. The largest absolute Gasteiger partial charge is 0.496 e. The van der Waals surface area contributed by atoms with Gasteiger partial charge in [0.15, 0.2) is 0 Å². The van der Waals surface area contributed by atoms with Gasteiger partial charge in [-0.1, -0.05) is 17.7 Å². The molecular weight excluding hydrogens is 380 g/mol. The Morgan fingerprint density at radius 1 is 1.43 bits per heavy atom. The molecular formula is C20H25ClN4O3. The van der Waals surface area contributed by atoms with Crippen LogP contribution in [0.25, 0.3) is 0 Å². The molecule has 8 heteroatoms. The Labute approximate surface area is 169 Å². The van der Waals surface area contributed by atoms with E-state index in [-0.39, 0.29) is 18.1 Å². The lowest BCUT2D eigenvalue weighted by Gasteiger charge is -2.38. The van der Waals surface area contributed by atoms with E-state index in [4.69, 9.17) is 26.8 Å². The number of aromatic nitrogens is 1. The number of benzene rings is 1. The number of rotatable bonds is 6. The molecule has 1 aliphatic rings. The summed E-state index contributed by atoms with van der Waals surface area (Å²) in [5.41, 5.74) is 7.68. The van der Waals surface area contributed by atoms with Gasteiger partial charge >= 0.3 is 0 Å². The highest BCUT2D eigenvalue weighted by molar-refractivity contribution is 6.33. The molecule has 1 aliphatic heterocycles. The SMILES string of the molecule is COc1cc(N)c(Cl)cc1C(=O)NC1CCN(Cc2cccnc2)CC1OC. The van der Waals surface area contributed by atoms with Gasteiger partial charge in [0, 0.05) is 45.2 Å². The molecule has 150 valence electrons. The Morgan fingerprint density at radius 2 is 2.25 bits per heavy atom. The standard InChI is InChI=1S/C20H25ClN4O3/c1-27-18-9-16(22)15(21)8-14(18)20(26)24-17-5-7-25(12-19(17)28-2)11-13-4-3-6-23-10-13/h3-4,6,8-10,17,19H,5,7,11-12,22H2,1-2H3,(H,24,26). The number of carbonyl (C=O) groups excluding carboxylic acids is 1. The number of carbonyl (C=O) groups is 1. The van der Waals surface area contributed by atoms with Gasteiger partial charge in [-0.05, 0) is 24.1 Å². The number of anilines is 1. The number of nitrogen functional groups attached to an aromatic ring is 1. The van der Waals surface area contributed by atoms with Crippen LogP contribution in [0, 0.1) is 0 Å². The van der Waals surface area contributed by atoms with E-state index in [1.165, 1.54) is 13.2 Å². The topological polar surface area (TPSA) is 89.7 Å². The third kappa shape index (κ3) is 4.73. The zero-order chi connectivity index (χ0) is 20.1. The number of nitrogens with zero attached hydrogens (tertiary/aromatic N) is 2. The van der Waals surface area contributed by atoms with Crippen LogP contribution in [0.5, 0.6) is 5.75 Å². The molecule has 0 aliphatic carbocycles. The van der Waals surface area contributed by atoms with Crippen LogP contribution in [0.1, 0.15) is 22.3 Å². The first-order valence-corrected chi connectivity index (χ1v) is 9.47. The molecule has 1 aromatic carbocycles. The van der Waals surface area contributed by atoms with Crippen LogP contribution in [0.4, 0.5) is 5.69 Å². The molecule has 28 heavy (non-hydrogen) atoms. The molecule has 0 spiro atoms. The molecule has 3 rings (SSSR count). The highest BCUT2D eigenvalue weighted by Crippen LogP contribution is 2.29. The van der Waals surface area contributed by atoms with E-state index in [1.54, 1.807) is 19.4 Å². The van der Waals surface area contributed by atoms with Gasteiger partial charge in [-0.2, -0.15) is 0 Å². The first-order chi connectivity index (χ1) is 13.5. The lowest BCUT2D eigenvalue weighted by atomic mass is 10.00. The maximum absolute atomic E-state index is 12.8. The van der Waals surface area contributed by atoms with E-state index in [1.807, 2.05) is 12.3 Å². The van der Waals surface area contributed by atoms with Gasteiger partial charge < -0.3 is 20.5 Å². The second-order valence-corrected chi connectivity index (χ2v) is 7.22. The van der Waals surface area contributed by atoms with E-state index in [2.05, 4.69) is 21.3 Å². The smallest absolute Gasteiger partial charge is 0.255 e. The Kier molecular flexibility index (Phi) is 6.72. The van der Waals surface area contributed by atoms with Gasteiger partial charge in [0.05, 0.1) is 35.5 Å². The van der Waals surface area contributed by atoms with Crippen LogP contribution >= 0.6 is 11.6 Å². The first-order valence-electron chi connectivity index (χ1n) is 9.09. The number of hydrogen-bond donors (Lipinski definition) is 2. The van der Waals surface area contributed by atoms with Crippen molar-refractivity contribution in [2.45, 2.75) is 25.1 Å². The summed E-state index contributed by atoms with van der Waals surface area (Å²) in [4.78, 5) is 19.3. The van der Waals surface area contributed by atoms with E-state index in [0.717, 1.165) is 31.6 Å². The normalized spacial score (nSPS) is 20.0. The van der Waals surface area contributed by atoms with Crippen molar-refractivity contribution in [3.8, 4) is 5.75 Å². The summed E-state index contributed by atoms with van der Waals surface area (Å²) in [6, 6.07) is 6.97. The Morgan fingerprint density at radius 3 is 2.93 bits per heavy atom. The fourth-order valence-electron chi connectivity index (χ4n) is 3.44. The van der Waals surface area contributed by atoms with Crippen molar-refractivity contribution in [2.75, 3.05) is 33.0 Å². The number of nitrogens with one attached hydrogen (secondary N) is 1. The zero-order valence-electron chi connectivity index (χ0n) is 16.0. The predicted octanol–water partition coefficient (Wildman–Crippen LogP) is 2.35. The third-order valence-electron chi connectivity index (χ3n) is 4.95. The minimum Gasteiger partial charge on any atom is -0.496 e. The summed E-state index contributed by atoms with van der Waals surface area (Å²) in [5.74, 6) is 0.133. The molecule has 3 N–H and O–H groups in total. The second-order valence-electron chi connectivity index (χ2n) is 6.81. The lowest BCUT2D eigenvalue weighted by Crippen LogP contribution is -2.54. The van der Waals surface area contributed by atoms with Crippen molar-refractivity contribution in [1.29, 1.82) is 0 Å². The molecule has 1 saturated heterocycles. The molecule has 0 saturated carbocycles. The third-order valence-corrected chi connectivity index (χ3v) is 5.28. The zero-order valence-corrected chi connectivity index (χ0v) is 16.8. The van der Waals surface area contributed by atoms with Crippen LogP contribution in [-0.4, -0.2) is 55.2 Å². The van der Waals surface area contributed by atoms with Crippen molar-refractivity contribution >= 4 is 23.2 Å². The molecule has 2 heterocycles. The van der Waals surface area contributed by atoms with Gasteiger partial charge in [0.2, 0.25) is 0 Å². The number of nitrogens with two attached hydrogens (primary N) is 1. The summed E-state index contributed by atoms with van der Waals surface area (Å²) < 4.78 is 10.9. The average Bonchev–Trinajstić information content (AvgIpc) is 2.71. The number of piperidine rings is 1. The highest BCUT2D eigenvalue weighted by Gasteiger charge is 2.31. The summed E-state index contributed by atoms with van der Waals surface area (Å²) in [6.45, 7) is 2.37. The lowest BCUT2D eigenvalue weighted by molar-refractivity contribution is 0.00385. The minimum absolute atomic E-state index is 0.108. The molecule has 0 bridgehead atoms. The number of amides is 1. The van der Waals surface area contributed by atoms with Gasteiger partial charge in [-0.3, -0.25) is 14.7 Å². The summed E-state index contributed by atoms with van der Waals surface area (Å²) >= 11 is 6.08. The van der Waals surface area contributed by atoms with Gasteiger partial charge in [-0.15, -0.1) is 0 Å². The summed E-state index contributed by atoms with van der Waals surface area (Å²) in [6.07, 6.45) is 4.29. The van der Waals surface area contributed by atoms with Crippen LogP contribution in [0.15, 0.2) is 36.7 Å². The molecule has 7 nitrogen and oxygen atoms in total. The van der Waals surface area contributed by atoms with Crippen molar-refractivity contribution in [3.63, 3.8) is 0 Å². The van der Waals surface area contributed by atoms with E-state index in [0.29, 0.717) is 22.0 Å². The Hall–Kier alpha value is -2.35. The number of hydrogen-bond acceptors (Lipinski definition) is 6. The van der Waals surface area contributed by atoms with Gasteiger partial charge in [-0.25, -0.2) is 0 Å². The highest BCUT2D eigenvalue weighted by atomic mass is 35.5. The Balaban J connectivity index is 1.66. The maximum atomic E-state index is 12.8. The second kappa shape index (κ2) is 9.23. The van der Waals surface area contributed by atoms with E-state index in [9.17, 15) is 4.79 Å². The van der Waals surface area contributed by atoms with Crippen LogP contribution < -0.4 is 15.8 Å². The molecule has 0 radical (unpaired) electrons. The number of pyridine rings is 1. The molecule has 2 aromatic rings. The monoisotopic (exact) mass is 404 g/mol. The van der Waals surface area contributed by atoms with Crippen LogP contribution in [0.3, 0.4) is 0 Å². The number of methoxy groups -OCH3 is 2. The number of likely N-dealkylation sites (tertiary alicyclic amines) is 1. The fraction of sp³-hybridized carbons (Fsp3) is 0.400. The van der Waals surface area contributed by atoms with E-state index >= 15 is 0 Å². The molecule has 1 amide bonds. The molecule has 1 aromatic heterocycles. The van der Waals surface area contributed by atoms with Gasteiger partial charge in [0.1, 0.15) is 5.75 Å². The fourth-order valence-corrected chi connectivity index (χ4v) is 3.60. The number of ether oxygens (including phenoxy) is 2. The molecule has 1 fully saturated rings. The van der Waals surface area contributed by atoms with Crippen molar-refractivity contribution in [1.82, 2.24) is 15.2 Å². The first kappa shape index (κ1) is 20.4. The molecule has 2 atom stereocenters. The number of halogens is 1. The van der Waals surface area contributed by atoms with Crippen LogP contribution in [0.2, 0.25) is 5.02 Å². The van der Waals surface area contributed by atoms with Crippen molar-refractivity contribution in [3.05, 3.63) is 52.8 Å².